The topological polar surface area (TPSA) is 65.6 Å². The standard InChI is InChI=1S/C25H23ClN2O4/c1-29-19-9-16(10-20(13-19)30-2)23-24(17-11-21(31-3)14-22(12-17)32-4)28-25(27-23)15-5-7-18(26)8-6-15/h5-14H,1-4H3,(H,27,28). The number of H-pyrrole nitrogens is 1. The second kappa shape index (κ2) is 9.24. The molecular formula is C25H23ClN2O4. The molecule has 0 aliphatic carbocycles. The summed E-state index contributed by atoms with van der Waals surface area (Å²) in [5, 5.41) is 0.663. The summed E-state index contributed by atoms with van der Waals surface area (Å²) in [6.07, 6.45) is 0. The van der Waals surface area contributed by atoms with E-state index in [9.17, 15) is 0 Å². The lowest BCUT2D eigenvalue weighted by Gasteiger charge is -2.10. The predicted octanol–water partition coefficient (Wildman–Crippen LogP) is 6.10. The first-order valence-electron chi connectivity index (χ1n) is 9.87. The lowest BCUT2D eigenvalue weighted by molar-refractivity contribution is 0.394. The molecule has 0 aliphatic rings. The van der Waals surface area contributed by atoms with Crippen LogP contribution in [0.2, 0.25) is 5.02 Å². The first-order valence-corrected chi connectivity index (χ1v) is 10.2. The molecule has 4 rings (SSSR count). The van der Waals surface area contributed by atoms with Crippen LogP contribution in [0.3, 0.4) is 0 Å². The molecule has 0 radical (unpaired) electrons. The Bertz CT molecular complexity index is 1120. The van der Waals surface area contributed by atoms with Gasteiger partial charge in [-0.1, -0.05) is 11.6 Å². The summed E-state index contributed by atoms with van der Waals surface area (Å²) in [5.74, 6) is 3.40. The van der Waals surface area contributed by atoms with E-state index in [4.69, 9.17) is 35.5 Å². The minimum atomic E-state index is 0.663. The zero-order valence-corrected chi connectivity index (χ0v) is 19.0. The first-order chi connectivity index (χ1) is 15.5. The Morgan fingerprint density at radius 1 is 0.625 bits per heavy atom. The molecule has 1 aromatic heterocycles. The van der Waals surface area contributed by atoms with Gasteiger partial charge in [0.25, 0.3) is 0 Å². The monoisotopic (exact) mass is 450 g/mol. The van der Waals surface area contributed by atoms with Crippen molar-refractivity contribution in [1.29, 1.82) is 0 Å². The molecule has 0 atom stereocenters. The zero-order valence-electron chi connectivity index (χ0n) is 18.2. The fourth-order valence-corrected chi connectivity index (χ4v) is 3.56. The second-order valence-electron chi connectivity index (χ2n) is 7.02. The summed E-state index contributed by atoms with van der Waals surface area (Å²) in [7, 11) is 6.49. The predicted molar refractivity (Wildman–Crippen MR) is 126 cm³/mol. The van der Waals surface area contributed by atoms with Crippen LogP contribution in [0.25, 0.3) is 33.9 Å². The zero-order chi connectivity index (χ0) is 22.7. The Balaban J connectivity index is 1.95. The fraction of sp³-hybridized carbons (Fsp3) is 0.160. The highest BCUT2D eigenvalue weighted by atomic mass is 35.5. The molecule has 0 aliphatic heterocycles. The van der Waals surface area contributed by atoms with Gasteiger partial charge in [-0.15, -0.1) is 0 Å². The summed E-state index contributed by atoms with van der Waals surface area (Å²) in [4.78, 5) is 8.39. The SMILES string of the molecule is COc1cc(OC)cc(-c2nc(-c3ccc(Cl)cc3)[nH]c2-c2cc(OC)cc(OC)c2)c1. The van der Waals surface area contributed by atoms with Crippen LogP contribution < -0.4 is 18.9 Å². The van der Waals surface area contributed by atoms with Gasteiger partial charge in [0.15, 0.2) is 0 Å². The Labute approximate surface area is 191 Å². The maximum atomic E-state index is 6.07. The number of hydrogen-bond acceptors (Lipinski definition) is 5. The van der Waals surface area contributed by atoms with Crippen molar-refractivity contribution in [2.75, 3.05) is 28.4 Å². The minimum absolute atomic E-state index is 0.663. The third-order valence-electron chi connectivity index (χ3n) is 5.09. The molecule has 0 saturated carbocycles. The molecule has 3 aromatic carbocycles. The van der Waals surface area contributed by atoms with Gasteiger partial charge in [0.2, 0.25) is 0 Å². The van der Waals surface area contributed by atoms with Crippen molar-refractivity contribution in [2.45, 2.75) is 0 Å². The number of nitrogens with zero attached hydrogens (tertiary/aromatic N) is 1. The third-order valence-corrected chi connectivity index (χ3v) is 5.34. The van der Waals surface area contributed by atoms with Crippen molar-refractivity contribution in [3.8, 4) is 56.9 Å². The highest BCUT2D eigenvalue weighted by molar-refractivity contribution is 6.30. The van der Waals surface area contributed by atoms with E-state index >= 15 is 0 Å². The number of halogens is 1. The molecule has 32 heavy (non-hydrogen) atoms. The molecule has 0 saturated heterocycles. The Morgan fingerprint density at radius 2 is 1.09 bits per heavy atom. The number of aromatic amines is 1. The summed E-state index contributed by atoms with van der Waals surface area (Å²) in [5.41, 5.74) is 4.16. The Hall–Kier alpha value is -3.64. The molecule has 0 spiro atoms. The molecule has 7 heteroatoms. The van der Waals surface area contributed by atoms with Gasteiger partial charge in [-0.25, -0.2) is 4.98 Å². The van der Waals surface area contributed by atoms with Crippen molar-refractivity contribution < 1.29 is 18.9 Å². The van der Waals surface area contributed by atoms with Gasteiger partial charge >= 0.3 is 0 Å². The van der Waals surface area contributed by atoms with Crippen LogP contribution in [0.1, 0.15) is 0 Å². The van der Waals surface area contributed by atoms with Gasteiger partial charge in [-0.3, -0.25) is 0 Å². The summed E-state index contributed by atoms with van der Waals surface area (Å²) in [6.45, 7) is 0. The van der Waals surface area contributed by atoms with E-state index in [1.807, 2.05) is 60.7 Å². The van der Waals surface area contributed by atoms with Crippen LogP contribution in [-0.4, -0.2) is 38.4 Å². The van der Waals surface area contributed by atoms with Crippen molar-refractivity contribution in [3.63, 3.8) is 0 Å². The van der Waals surface area contributed by atoms with Gasteiger partial charge in [0.05, 0.1) is 39.8 Å². The molecule has 4 aromatic rings. The van der Waals surface area contributed by atoms with Gasteiger partial charge < -0.3 is 23.9 Å². The third kappa shape index (κ3) is 4.36. The largest absolute Gasteiger partial charge is 0.497 e. The maximum Gasteiger partial charge on any atom is 0.138 e. The number of rotatable bonds is 7. The highest BCUT2D eigenvalue weighted by Crippen LogP contribution is 2.39. The number of hydrogen-bond donors (Lipinski definition) is 1. The van der Waals surface area contributed by atoms with Gasteiger partial charge in [-0.2, -0.15) is 0 Å². The summed E-state index contributed by atoms with van der Waals surface area (Å²) in [6, 6.07) is 18.9. The number of nitrogens with one attached hydrogen (secondary N) is 1. The summed E-state index contributed by atoms with van der Waals surface area (Å²) >= 11 is 6.07. The number of methoxy groups -OCH3 is 4. The molecule has 0 bridgehead atoms. The van der Waals surface area contributed by atoms with Gasteiger partial charge in [0.1, 0.15) is 28.8 Å². The number of aromatic nitrogens is 2. The minimum Gasteiger partial charge on any atom is -0.497 e. The molecule has 6 nitrogen and oxygen atoms in total. The Morgan fingerprint density at radius 3 is 1.56 bits per heavy atom. The van der Waals surface area contributed by atoms with Crippen molar-refractivity contribution in [2.24, 2.45) is 0 Å². The van der Waals surface area contributed by atoms with E-state index < -0.39 is 0 Å². The van der Waals surface area contributed by atoms with Crippen LogP contribution in [0.5, 0.6) is 23.0 Å². The highest BCUT2D eigenvalue weighted by Gasteiger charge is 2.18. The van der Waals surface area contributed by atoms with E-state index in [0.717, 1.165) is 28.1 Å². The number of ether oxygens (including phenoxy) is 4. The van der Waals surface area contributed by atoms with E-state index in [1.54, 1.807) is 28.4 Å². The Kier molecular flexibility index (Phi) is 6.23. The average molecular weight is 451 g/mol. The normalized spacial score (nSPS) is 10.7. The molecule has 1 heterocycles. The molecule has 164 valence electrons. The van der Waals surface area contributed by atoms with E-state index in [0.29, 0.717) is 33.8 Å². The van der Waals surface area contributed by atoms with Crippen LogP contribution in [-0.2, 0) is 0 Å². The van der Waals surface area contributed by atoms with Crippen molar-refractivity contribution in [1.82, 2.24) is 9.97 Å². The average Bonchev–Trinajstić information content (AvgIpc) is 3.29. The van der Waals surface area contributed by atoms with E-state index in [-0.39, 0.29) is 0 Å². The van der Waals surface area contributed by atoms with Crippen LogP contribution in [0.15, 0.2) is 60.7 Å². The quantitative estimate of drug-likeness (QED) is 0.368. The molecular weight excluding hydrogens is 428 g/mol. The van der Waals surface area contributed by atoms with Crippen LogP contribution in [0, 0.1) is 0 Å². The first kappa shape index (κ1) is 21.6. The van der Waals surface area contributed by atoms with E-state index in [1.165, 1.54) is 0 Å². The summed E-state index contributed by atoms with van der Waals surface area (Å²) < 4.78 is 21.9. The van der Waals surface area contributed by atoms with Crippen molar-refractivity contribution >= 4 is 11.6 Å². The fourth-order valence-electron chi connectivity index (χ4n) is 3.43. The van der Waals surface area contributed by atoms with Gasteiger partial charge in [-0.05, 0) is 48.5 Å². The molecule has 0 unspecified atom stereocenters. The molecule has 0 fully saturated rings. The van der Waals surface area contributed by atoms with Gasteiger partial charge in [0, 0.05) is 33.8 Å². The number of imidazole rings is 1. The lowest BCUT2D eigenvalue weighted by atomic mass is 10.0. The second-order valence-corrected chi connectivity index (χ2v) is 7.46. The van der Waals surface area contributed by atoms with Crippen molar-refractivity contribution in [3.05, 3.63) is 65.7 Å². The van der Waals surface area contributed by atoms with Crippen LogP contribution in [0.4, 0.5) is 0 Å². The maximum absolute atomic E-state index is 6.07. The number of benzene rings is 3. The lowest BCUT2D eigenvalue weighted by Crippen LogP contribution is -1.92. The smallest absolute Gasteiger partial charge is 0.138 e. The molecule has 1 N–H and O–H groups in total. The van der Waals surface area contributed by atoms with Crippen LogP contribution >= 0.6 is 11.6 Å². The molecule has 0 amide bonds. The van der Waals surface area contributed by atoms with E-state index in [2.05, 4.69) is 4.98 Å².